The van der Waals surface area contributed by atoms with Crippen LogP contribution in [0.3, 0.4) is 0 Å². The molecule has 0 radical (unpaired) electrons. The van der Waals surface area contributed by atoms with Gasteiger partial charge in [-0.25, -0.2) is 4.98 Å². The summed E-state index contributed by atoms with van der Waals surface area (Å²) in [5.74, 6) is 0.952. The highest BCUT2D eigenvalue weighted by molar-refractivity contribution is 7.15. The number of fused-ring (bicyclic) bond motifs is 1. The summed E-state index contributed by atoms with van der Waals surface area (Å²) in [5, 5.41) is 4.49. The van der Waals surface area contributed by atoms with Crippen LogP contribution in [0.1, 0.15) is 34.8 Å². The Morgan fingerprint density at radius 2 is 2.29 bits per heavy atom. The highest BCUT2D eigenvalue weighted by Gasteiger charge is 2.18. The number of aryl methyl sites for hydroxylation is 1. The van der Waals surface area contributed by atoms with Crippen LogP contribution in [-0.2, 0) is 0 Å². The monoisotopic (exact) mass is 303 g/mol. The Kier molecular flexibility index (Phi) is 3.34. The number of rotatable bonds is 3. The molecule has 0 aromatic carbocycles. The number of aromatic nitrogens is 2. The van der Waals surface area contributed by atoms with Crippen molar-refractivity contribution in [1.82, 2.24) is 14.7 Å². The fourth-order valence-electron chi connectivity index (χ4n) is 2.01. The molecule has 6 nitrogen and oxygen atoms in total. The van der Waals surface area contributed by atoms with Gasteiger partial charge in [0.15, 0.2) is 4.96 Å². The van der Waals surface area contributed by atoms with Crippen LogP contribution in [0.2, 0.25) is 0 Å². The summed E-state index contributed by atoms with van der Waals surface area (Å²) in [6.07, 6.45) is 2.91. The number of nitrogens with zero attached hydrogens (tertiary/aromatic N) is 2. The molecule has 1 amide bonds. The van der Waals surface area contributed by atoms with E-state index in [1.807, 2.05) is 13.0 Å². The molecule has 0 aliphatic rings. The molecule has 0 fully saturated rings. The first kappa shape index (κ1) is 13.6. The second-order valence-corrected chi connectivity index (χ2v) is 5.55. The minimum Gasteiger partial charge on any atom is -0.464 e. The van der Waals surface area contributed by atoms with E-state index >= 15 is 0 Å². The maximum Gasteiger partial charge on any atom is 0.271 e. The zero-order valence-electron chi connectivity index (χ0n) is 11.5. The van der Waals surface area contributed by atoms with Crippen molar-refractivity contribution in [2.24, 2.45) is 0 Å². The zero-order valence-corrected chi connectivity index (χ0v) is 12.3. The number of hydrogen-bond acceptors (Lipinski definition) is 5. The number of carbonyl (C=O) groups excluding carboxylic acids is 1. The fourth-order valence-corrected chi connectivity index (χ4v) is 2.69. The molecule has 0 saturated carbocycles. The molecule has 0 aliphatic heterocycles. The van der Waals surface area contributed by atoms with Crippen LogP contribution in [0.25, 0.3) is 4.96 Å². The molecule has 7 heteroatoms. The van der Waals surface area contributed by atoms with Crippen LogP contribution < -0.4 is 10.9 Å². The molecule has 3 aromatic rings. The van der Waals surface area contributed by atoms with Gasteiger partial charge in [0.05, 0.1) is 6.04 Å². The van der Waals surface area contributed by atoms with E-state index in [1.165, 1.54) is 21.9 Å². The SMILES string of the molecule is Cc1ccc(C(C)NC(=O)c2cnc3sccn3c2=O)o1. The summed E-state index contributed by atoms with van der Waals surface area (Å²) in [5.41, 5.74) is -0.359. The van der Waals surface area contributed by atoms with Crippen molar-refractivity contribution in [1.29, 1.82) is 0 Å². The average molecular weight is 303 g/mol. The molecule has 0 saturated heterocycles. The van der Waals surface area contributed by atoms with Crippen molar-refractivity contribution in [2.75, 3.05) is 0 Å². The van der Waals surface area contributed by atoms with Gasteiger partial charge < -0.3 is 9.73 Å². The summed E-state index contributed by atoms with van der Waals surface area (Å²) < 4.78 is 6.82. The lowest BCUT2D eigenvalue weighted by molar-refractivity contribution is 0.0933. The first-order chi connectivity index (χ1) is 10.1. The highest BCUT2D eigenvalue weighted by atomic mass is 32.1. The van der Waals surface area contributed by atoms with E-state index in [9.17, 15) is 9.59 Å². The zero-order chi connectivity index (χ0) is 15.0. The quantitative estimate of drug-likeness (QED) is 0.804. The molecule has 3 heterocycles. The number of amides is 1. The molecule has 0 spiro atoms. The fraction of sp³-hybridized carbons (Fsp3) is 0.214. The topological polar surface area (TPSA) is 76.6 Å². The molecule has 0 aliphatic carbocycles. The number of hydrogen-bond donors (Lipinski definition) is 1. The summed E-state index contributed by atoms with van der Waals surface area (Å²) in [7, 11) is 0. The maximum absolute atomic E-state index is 12.2. The third-order valence-electron chi connectivity index (χ3n) is 3.12. The number of furan rings is 1. The van der Waals surface area contributed by atoms with Crippen LogP contribution >= 0.6 is 11.3 Å². The number of nitrogens with one attached hydrogen (secondary N) is 1. The van der Waals surface area contributed by atoms with Crippen LogP contribution in [0, 0.1) is 6.92 Å². The first-order valence-corrected chi connectivity index (χ1v) is 7.26. The van der Waals surface area contributed by atoms with Gasteiger partial charge >= 0.3 is 0 Å². The summed E-state index contributed by atoms with van der Waals surface area (Å²) >= 11 is 1.34. The van der Waals surface area contributed by atoms with Gasteiger partial charge in [-0.05, 0) is 26.0 Å². The summed E-state index contributed by atoms with van der Waals surface area (Å²) in [4.78, 5) is 29.1. The van der Waals surface area contributed by atoms with E-state index in [4.69, 9.17) is 4.42 Å². The van der Waals surface area contributed by atoms with Gasteiger partial charge in [0.2, 0.25) is 0 Å². The molecule has 1 N–H and O–H groups in total. The van der Waals surface area contributed by atoms with Gasteiger partial charge in [0.1, 0.15) is 17.1 Å². The third kappa shape index (κ3) is 2.47. The van der Waals surface area contributed by atoms with Crippen LogP contribution in [-0.4, -0.2) is 15.3 Å². The Labute approximate surface area is 124 Å². The van der Waals surface area contributed by atoms with E-state index in [-0.39, 0.29) is 17.2 Å². The number of carbonyl (C=O) groups is 1. The Bertz CT molecular complexity index is 862. The lowest BCUT2D eigenvalue weighted by atomic mass is 10.2. The predicted octanol–water partition coefficient (Wildman–Crippen LogP) is 2.15. The van der Waals surface area contributed by atoms with E-state index < -0.39 is 5.91 Å². The molecule has 108 valence electrons. The highest BCUT2D eigenvalue weighted by Crippen LogP contribution is 2.16. The van der Waals surface area contributed by atoms with E-state index in [0.717, 1.165) is 5.76 Å². The van der Waals surface area contributed by atoms with Gasteiger partial charge in [0.25, 0.3) is 11.5 Å². The van der Waals surface area contributed by atoms with Crippen LogP contribution in [0.4, 0.5) is 0 Å². The Balaban J connectivity index is 1.87. The van der Waals surface area contributed by atoms with Gasteiger partial charge in [-0.3, -0.25) is 14.0 Å². The molecular weight excluding hydrogens is 290 g/mol. The molecule has 3 aromatic heterocycles. The van der Waals surface area contributed by atoms with Crippen molar-refractivity contribution in [3.63, 3.8) is 0 Å². The average Bonchev–Trinajstić information content (AvgIpc) is 3.07. The van der Waals surface area contributed by atoms with E-state index in [2.05, 4.69) is 10.3 Å². The van der Waals surface area contributed by atoms with Crippen LogP contribution in [0.5, 0.6) is 0 Å². The lowest BCUT2D eigenvalue weighted by Crippen LogP contribution is -2.32. The van der Waals surface area contributed by atoms with Crippen molar-refractivity contribution >= 4 is 22.2 Å². The Morgan fingerprint density at radius 1 is 1.48 bits per heavy atom. The second kappa shape index (κ2) is 5.17. The summed E-state index contributed by atoms with van der Waals surface area (Å²) in [6, 6.07) is 3.30. The Morgan fingerprint density at radius 3 is 3.00 bits per heavy atom. The van der Waals surface area contributed by atoms with Crippen molar-refractivity contribution in [2.45, 2.75) is 19.9 Å². The van der Waals surface area contributed by atoms with Gasteiger partial charge in [0, 0.05) is 17.8 Å². The molecule has 1 atom stereocenters. The Hall–Kier alpha value is -2.41. The molecule has 0 bridgehead atoms. The predicted molar refractivity (Wildman–Crippen MR) is 78.7 cm³/mol. The van der Waals surface area contributed by atoms with Crippen molar-refractivity contribution in [3.05, 3.63) is 57.3 Å². The van der Waals surface area contributed by atoms with Crippen molar-refractivity contribution in [3.8, 4) is 0 Å². The smallest absolute Gasteiger partial charge is 0.271 e. The lowest BCUT2D eigenvalue weighted by Gasteiger charge is -2.11. The number of thiazole rings is 1. The molecular formula is C14H13N3O3S. The van der Waals surface area contributed by atoms with Gasteiger partial charge in [-0.1, -0.05) is 0 Å². The molecule has 3 rings (SSSR count). The largest absolute Gasteiger partial charge is 0.464 e. The molecule has 1 unspecified atom stereocenters. The standard InChI is InChI=1S/C14H13N3O3S/c1-8-3-4-11(20-8)9(2)16-12(18)10-7-15-14-17(13(10)19)5-6-21-14/h3-7,9H,1-2H3,(H,16,18). The third-order valence-corrected chi connectivity index (χ3v) is 3.89. The van der Waals surface area contributed by atoms with Gasteiger partial charge in [-0.15, -0.1) is 11.3 Å². The maximum atomic E-state index is 12.2. The first-order valence-electron chi connectivity index (χ1n) is 6.38. The normalized spacial score (nSPS) is 12.5. The van der Waals surface area contributed by atoms with Crippen molar-refractivity contribution < 1.29 is 9.21 Å². The van der Waals surface area contributed by atoms with Crippen LogP contribution in [0.15, 0.2) is 39.1 Å². The minimum atomic E-state index is -0.463. The summed E-state index contributed by atoms with van der Waals surface area (Å²) in [6.45, 7) is 3.63. The van der Waals surface area contributed by atoms with E-state index in [0.29, 0.717) is 10.7 Å². The molecule has 21 heavy (non-hydrogen) atoms. The second-order valence-electron chi connectivity index (χ2n) is 4.68. The van der Waals surface area contributed by atoms with Gasteiger partial charge in [-0.2, -0.15) is 0 Å². The van der Waals surface area contributed by atoms with E-state index in [1.54, 1.807) is 24.6 Å². The minimum absolute atomic E-state index is 0.0148.